The van der Waals surface area contributed by atoms with Gasteiger partial charge in [-0.3, -0.25) is 4.79 Å². The lowest BCUT2D eigenvalue weighted by molar-refractivity contribution is -0.121. The Morgan fingerprint density at radius 2 is 1.95 bits per heavy atom. The molecule has 1 aromatic carbocycles. The number of carbonyl (C=O) groups is 1. The van der Waals surface area contributed by atoms with Crippen LogP contribution in [0.25, 0.3) is 0 Å². The van der Waals surface area contributed by atoms with Crippen molar-refractivity contribution >= 4 is 5.91 Å². The van der Waals surface area contributed by atoms with Crippen LogP contribution in [0.2, 0.25) is 0 Å². The summed E-state index contributed by atoms with van der Waals surface area (Å²) in [6, 6.07) is 7.84. The van der Waals surface area contributed by atoms with Gasteiger partial charge in [-0.2, -0.15) is 0 Å². The van der Waals surface area contributed by atoms with E-state index in [0.717, 1.165) is 17.7 Å². The van der Waals surface area contributed by atoms with E-state index in [2.05, 4.69) is 12.2 Å². The third kappa shape index (κ3) is 5.75. The van der Waals surface area contributed by atoms with Crippen molar-refractivity contribution in [1.29, 1.82) is 0 Å². The van der Waals surface area contributed by atoms with Crippen molar-refractivity contribution in [2.75, 3.05) is 27.4 Å². The molecular formula is C15H23NO3. The summed E-state index contributed by atoms with van der Waals surface area (Å²) < 4.78 is 10.0. The molecule has 0 radical (unpaired) electrons. The van der Waals surface area contributed by atoms with Gasteiger partial charge in [-0.15, -0.1) is 0 Å². The highest BCUT2D eigenvalue weighted by atomic mass is 16.5. The normalized spacial score (nSPS) is 11.9. The first kappa shape index (κ1) is 15.5. The zero-order valence-corrected chi connectivity index (χ0v) is 11.9. The van der Waals surface area contributed by atoms with E-state index in [-0.39, 0.29) is 11.8 Å². The standard InChI is InChI=1S/C15H23NO3/c1-12(11-15(17)16-9-4-10-18-2)13-5-7-14(19-3)8-6-13/h5-8,12H,4,9-11H2,1-3H3,(H,16,17). The summed E-state index contributed by atoms with van der Waals surface area (Å²) in [6.45, 7) is 3.40. The molecule has 0 bridgehead atoms. The predicted octanol–water partition coefficient (Wildman–Crippen LogP) is 2.34. The van der Waals surface area contributed by atoms with E-state index in [0.29, 0.717) is 19.6 Å². The summed E-state index contributed by atoms with van der Waals surface area (Å²) in [7, 11) is 3.31. The third-order valence-corrected chi connectivity index (χ3v) is 3.02. The number of hydrogen-bond donors (Lipinski definition) is 1. The topological polar surface area (TPSA) is 47.6 Å². The van der Waals surface area contributed by atoms with E-state index in [9.17, 15) is 4.79 Å². The van der Waals surface area contributed by atoms with Gasteiger partial charge in [0.25, 0.3) is 0 Å². The van der Waals surface area contributed by atoms with E-state index in [1.165, 1.54) is 0 Å². The lowest BCUT2D eigenvalue weighted by Crippen LogP contribution is -2.26. The number of amides is 1. The molecule has 1 N–H and O–H groups in total. The number of benzene rings is 1. The van der Waals surface area contributed by atoms with Crippen molar-refractivity contribution in [1.82, 2.24) is 5.32 Å². The average molecular weight is 265 g/mol. The van der Waals surface area contributed by atoms with Gasteiger partial charge in [0.15, 0.2) is 0 Å². The Morgan fingerprint density at radius 3 is 2.53 bits per heavy atom. The van der Waals surface area contributed by atoms with Crippen molar-refractivity contribution in [3.05, 3.63) is 29.8 Å². The van der Waals surface area contributed by atoms with Crippen LogP contribution in [0.3, 0.4) is 0 Å². The smallest absolute Gasteiger partial charge is 0.220 e. The minimum Gasteiger partial charge on any atom is -0.497 e. The lowest BCUT2D eigenvalue weighted by atomic mass is 9.97. The molecule has 0 saturated carbocycles. The molecule has 0 saturated heterocycles. The fraction of sp³-hybridized carbons (Fsp3) is 0.533. The highest BCUT2D eigenvalue weighted by molar-refractivity contribution is 5.76. The number of rotatable bonds is 8. The molecule has 1 amide bonds. The summed E-state index contributed by atoms with van der Waals surface area (Å²) in [5, 5.41) is 2.90. The molecule has 0 aromatic heterocycles. The maximum atomic E-state index is 11.7. The molecule has 0 spiro atoms. The van der Waals surface area contributed by atoms with Gasteiger partial charge >= 0.3 is 0 Å². The maximum absolute atomic E-state index is 11.7. The van der Waals surface area contributed by atoms with Crippen LogP contribution in [0.1, 0.15) is 31.2 Å². The second-order valence-electron chi connectivity index (χ2n) is 4.57. The number of methoxy groups -OCH3 is 2. The largest absolute Gasteiger partial charge is 0.497 e. The second kappa shape index (κ2) is 8.53. The van der Waals surface area contributed by atoms with E-state index < -0.39 is 0 Å². The van der Waals surface area contributed by atoms with Crippen molar-refractivity contribution in [2.24, 2.45) is 0 Å². The summed E-state index contributed by atoms with van der Waals surface area (Å²) in [5.74, 6) is 1.12. The van der Waals surface area contributed by atoms with E-state index in [1.807, 2.05) is 24.3 Å². The fourth-order valence-corrected chi connectivity index (χ4v) is 1.84. The van der Waals surface area contributed by atoms with Gasteiger partial charge in [-0.25, -0.2) is 0 Å². The summed E-state index contributed by atoms with van der Waals surface area (Å²) in [4.78, 5) is 11.7. The van der Waals surface area contributed by atoms with Crippen LogP contribution in [-0.4, -0.2) is 33.3 Å². The molecule has 4 nitrogen and oxygen atoms in total. The Hall–Kier alpha value is -1.55. The van der Waals surface area contributed by atoms with Crippen LogP contribution < -0.4 is 10.1 Å². The molecule has 1 rings (SSSR count). The van der Waals surface area contributed by atoms with E-state index in [4.69, 9.17) is 9.47 Å². The van der Waals surface area contributed by atoms with Gasteiger partial charge in [0, 0.05) is 26.7 Å². The van der Waals surface area contributed by atoms with Gasteiger partial charge < -0.3 is 14.8 Å². The molecule has 106 valence electrons. The number of hydrogen-bond acceptors (Lipinski definition) is 3. The molecule has 1 unspecified atom stereocenters. The van der Waals surface area contributed by atoms with Crippen LogP contribution in [0.15, 0.2) is 24.3 Å². The zero-order chi connectivity index (χ0) is 14.1. The third-order valence-electron chi connectivity index (χ3n) is 3.02. The molecule has 0 aliphatic carbocycles. The van der Waals surface area contributed by atoms with Crippen molar-refractivity contribution < 1.29 is 14.3 Å². The summed E-state index contributed by atoms with van der Waals surface area (Å²) >= 11 is 0. The molecule has 1 aromatic rings. The van der Waals surface area contributed by atoms with Crippen LogP contribution in [0.4, 0.5) is 0 Å². The molecule has 4 heteroatoms. The molecule has 19 heavy (non-hydrogen) atoms. The molecule has 0 aliphatic rings. The summed E-state index contributed by atoms with van der Waals surface area (Å²) in [6.07, 6.45) is 1.35. The minimum atomic E-state index is 0.0828. The maximum Gasteiger partial charge on any atom is 0.220 e. The Morgan fingerprint density at radius 1 is 1.26 bits per heavy atom. The second-order valence-corrected chi connectivity index (χ2v) is 4.57. The fourth-order valence-electron chi connectivity index (χ4n) is 1.84. The Bertz CT molecular complexity index is 375. The first-order valence-electron chi connectivity index (χ1n) is 6.57. The first-order chi connectivity index (χ1) is 9.17. The molecule has 0 fully saturated rings. The van der Waals surface area contributed by atoms with Crippen LogP contribution in [0, 0.1) is 0 Å². The SMILES string of the molecule is COCCCNC(=O)CC(C)c1ccc(OC)cc1. The summed E-state index contributed by atoms with van der Waals surface area (Å²) in [5.41, 5.74) is 1.15. The Labute approximate surface area is 115 Å². The lowest BCUT2D eigenvalue weighted by Gasteiger charge is -2.12. The van der Waals surface area contributed by atoms with Crippen molar-refractivity contribution in [3.8, 4) is 5.75 Å². The van der Waals surface area contributed by atoms with Crippen molar-refractivity contribution in [3.63, 3.8) is 0 Å². The monoisotopic (exact) mass is 265 g/mol. The Kier molecular flexibility index (Phi) is 6.97. The average Bonchev–Trinajstić information content (AvgIpc) is 2.43. The van der Waals surface area contributed by atoms with E-state index in [1.54, 1.807) is 14.2 Å². The van der Waals surface area contributed by atoms with Crippen molar-refractivity contribution in [2.45, 2.75) is 25.7 Å². The molecule has 0 heterocycles. The van der Waals surface area contributed by atoms with Gasteiger partial charge in [0.1, 0.15) is 5.75 Å². The van der Waals surface area contributed by atoms with Gasteiger partial charge in [-0.1, -0.05) is 19.1 Å². The van der Waals surface area contributed by atoms with E-state index >= 15 is 0 Å². The number of ether oxygens (including phenoxy) is 2. The van der Waals surface area contributed by atoms with Gasteiger partial charge in [0.05, 0.1) is 7.11 Å². The number of nitrogens with one attached hydrogen (secondary N) is 1. The van der Waals surface area contributed by atoms with Gasteiger partial charge in [-0.05, 0) is 30.0 Å². The minimum absolute atomic E-state index is 0.0828. The van der Waals surface area contributed by atoms with Gasteiger partial charge in [0.2, 0.25) is 5.91 Å². The molecular weight excluding hydrogens is 242 g/mol. The highest BCUT2D eigenvalue weighted by Gasteiger charge is 2.10. The Balaban J connectivity index is 2.36. The number of carbonyl (C=O) groups excluding carboxylic acids is 1. The molecule has 1 atom stereocenters. The highest BCUT2D eigenvalue weighted by Crippen LogP contribution is 2.21. The molecule has 0 aliphatic heterocycles. The quantitative estimate of drug-likeness (QED) is 0.734. The van der Waals surface area contributed by atoms with Crippen LogP contribution in [-0.2, 0) is 9.53 Å². The van der Waals surface area contributed by atoms with Crippen LogP contribution in [0.5, 0.6) is 5.75 Å². The zero-order valence-electron chi connectivity index (χ0n) is 11.9. The first-order valence-corrected chi connectivity index (χ1v) is 6.57. The van der Waals surface area contributed by atoms with Crippen LogP contribution >= 0.6 is 0 Å². The predicted molar refractivity (Wildman–Crippen MR) is 75.5 cm³/mol.